The van der Waals surface area contributed by atoms with Crippen molar-refractivity contribution in [2.75, 3.05) is 42.9 Å². The lowest BCUT2D eigenvalue weighted by Crippen LogP contribution is -2.48. The Hall–Kier alpha value is -1.75. The van der Waals surface area contributed by atoms with Gasteiger partial charge in [0, 0.05) is 37.6 Å². The highest BCUT2D eigenvalue weighted by Crippen LogP contribution is 2.27. The largest absolute Gasteiger partial charge is 0.369 e. The Kier molecular flexibility index (Phi) is 6.07. The molecule has 6 heteroatoms. The predicted octanol–water partition coefficient (Wildman–Crippen LogP) is 4.37. The summed E-state index contributed by atoms with van der Waals surface area (Å²) in [7, 11) is 0. The quantitative estimate of drug-likeness (QED) is 0.839. The van der Waals surface area contributed by atoms with Crippen molar-refractivity contribution in [2.24, 2.45) is 0 Å². The monoisotopic (exact) mass is 391 g/mol. The molecular formula is C20H23Cl2N3O. The number of piperazine rings is 1. The van der Waals surface area contributed by atoms with E-state index in [1.165, 1.54) is 5.56 Å². The first-order valence-electron chi connectivity index (χ1n) is 8.72. The summed E-state index contributed by atoms with van der Waals surface area (Å²) in [4.78, 5) is 16.8. The van der Waals surface area contributed by atoms with E-state index >= 15 is 0 Å². The van der Waals surface area contributed by atoms with Crippen LogP contribution in [0, 0.1) is 13.8 Å². The minimum atomic E-state index is 0.0277. The molecule has 0 saturated carbocycles. The third-order valence-electron chi connectivity index (χ3n) is 4.66. The number of amides is 1. The molecule has 1 heterocycles. The van der Waals surface area contributed by atoms with Gasteiger partial charge in [0.25, 0.3) is 0 Å². The fourth-order valence-electron chi connectivity index (χ4n) is 3.19. The van der Waals surface area contributed by atoms with Crippen molar-refractivity contribution in [1.82, 2.24) is 4.90 Å². The molecule has 2 aromatic carbocycles. The Bertz CT molecular complexity index is 802. The molecule has 0 bridgehead atoms. The van der Waals surface area contributed by atoms with Crippen LogP contribution in [0.5, 0.6) is 0 Å². The first-order chi connectivity index (χ1) is 12.4. The lowest BCUT2D eigenvalue weighted by molar-refractivity contribution is -0.117. The van der Waals surface area contributed by atoms with E-state index in [1.54, 1.807) is 0 Å². The number of benzene rings is 2. The van der Waals surface area contributed by atoms with Crippen molar-refractivity contribution < 1.29 is 4.79 Å². The van der Waals surface area contributed by atoms with Crippen LogP contribution in [-0.2, 0) is 4.79 Å². The van der Waals surface area contributed by atoms with E-state index in [0.29, 0.717) is 16.6 Å². The van der Waals surface area contributed by atoms with E-state index in [4.69, 9.17) is 23.2 Å². The summed E-state index contributed by atoms with van der Waals surface area (Å²) < 4.78 is 0. The molecule has 138 valence electrons. The number of nitrogens with zero attached hydrogens (tertiary/aromatic N) is 2. The Morgan fingerprint density at radius 1 is 1.00 bits per heavy atom. The van der Waals surface area contributed by atoms with Crippen molar-refractivity contribution in [3.8, 4) is 0 Å². The fraction of sp³-hybridized carbons (Fsp3) is 0.350. The highest BCUT2D eigenvalue weighted by Gasteiger charge is 2.20. The molecule has 0 aliphatic carbocycles. The highest BCUT2D eigenvalue weighted by atomic mass is 35.5. The Labute approximate surface area is 164 Å². The number of hydrogen-bond donors (Lipinski definition) is 1. The van der Waals surface area contributed by atoms with Crippen LogP contribution in [0.3, 0.4) is 0 Å². The second kappa shape index (κ2) is 8.30. The second-order valence-corrected chi connectivity index (χ2v) is 7.54. The maximum Gasteiger partial charge on any atom is 0.238 e. The Balaban J connectivity index is 1.51. The van der Waals surface area contributed by atoms with Gasteiger partial charge in [0.05, 0.1) is 16.6 Å². The van der Waals surface area contributed by atoms with E-state index in [2.05, 4.69) is 21.2 Å². The first kappa shape index (κ1) is 19.0. The maximum absolute atomic E-state index is 12.4. The number of aryl methyl sites for hydroxylation is 2. The second-order valence-electron chi connectivity index (χ2n) is 6.73. The van der Waals surface area contributed by atoms with Crippen LogP contribution in [0.15, 0.2) is 36.4 Å². The molecular weight excluding hydrogens is 369 g/mol. The van der Waals surface area contributed by atoms with Gasteiger partial charge in [0.15, 0.2) is 0 Å². The van der Waals surface area contributed by atoms with E-state index in [9.17, 15) is 4.79 Å². The van der Waals surface area contributed by atoms with E-state index in [-0.39, 0.29) is 5.91 Å². The molecule has 1 amide bonds. The first-order valence-corrected chi connectivity index (χ1v) is 9.47. The molecule has 3 rings (SSSR count). The van der Waals surface area contributed by atoms with Crippen LogP contribution < -0.4 is 10.2 Å². The third-order valence-corrected chi connectivity index (χ3v) is 5.40. The van der Waals surface area contributed by atoms with Crippen LogP contribution in [0.25, 0.3) is 0 Å². The predicted molar refractivity (Wildman–Crippen MR) is 110 cm³/mol. The summed E-state index contributed by atoms with van der Waals surface area (Å²) >= 11 is 12.1. The minimum absolute atomic E-state index is 0.0277. The Morgan fingerprint density at radius 3 is 2.38 bits per heavy atom. The van der Waals surface area contributed by atoms with E-state index in [1.807, 2.05) is 44.2 Å². The van der Waals surface area contributed by atoms with Crippen molar-refractivity contribution >= 4 is 40.5 Å². The topological polar surface area (TPSA) is 35.6 Å². The summed E-state index contributed by atoms with van der Waals surface area (Å²) in [5, 5.41) is 4.15. The molecule has 4 nitrogen and oxygen atoms in total. The van der Waals surface area contributed by atoms with Crippen LogP contribution in [-0.4, -0.2) is 43.5 Å². The number of halogens is 2. The lowest BCUT2D eigenvalue weighted by atomic mass is 10.1. The molecule has 0 unspecified atom stereocenters. The molecule has 1 aliphatic rings. The normalized spacial score (nSPS) is 15.2. The zero-order chi connectivity index (χ0) is 18.7. The van der Waals surface area contributed by atoms with Gasteiger partial charge in [-0.15, -0.1) is 0 Å². The van der Waals surface area contributed by atoms with Gasteiger partial charge in [0.2, 0.25) is 5.91 Å². The van der Waals surface area contributed by atoms with Gasteiger partial charge in [0.1, 0.15) is 0 Å². The molecule has 0 aromatic heterocycles. The zero-order valence-electron chi connectivity index (χ0n) is 15.1. The molecule has 1 aliphatic heterocycles. The fourth-order valence-corrected chi connectivity index (χ4v) is 3.48. The number of anilines is 2. The average Bonchev–Trinajstić information content (AvgIpc) is 2.60. The summed E-state index contributed by atoms with van der Waals surface area (Å²) in [6.45, 7) is 7.85. The van der Waals surface area contributed by atoms with Gasteiger partial charge in [-0.05, 0) is 43.7 Å². The summed E-state index contributed by atoms with van der Waals surface area (Å²) in [6, 6.07) is 11.8. The minimum Gasteiger partial charge on any atom is -0.369 e. The number of carbonyl (C=O) groups is 1. The standard InChI is InChI=1S/C20H23Cl2N3O/c1-14-3-6-19(15(2)11-14)23-20(26)13-24-7-9-25(10-8-24)16-4-5-17(21)18(22)12-16/h3-6,11-12H,7-10,13H2,1-2H3,(H,23,26). The number of hydrogen-bond acceptors (Lipinski definition) is 3. The summed E-state index contributed by atoms with van der Waals surface area (Å²) in [5.41, 5.74) is 4.23. The van der Waals surface area contributed by atoms with Crippen LogP contribution in [0.1, 0.15) is 11.1 Å². The lowest BCUT2D eigenvalue weighted by Gasteiger charge is -2.35. The van der Waals surface area contributed by atoms with Crippen molar-refractivity contribution in [3.05, 3.63) is 57.6 Å². The number of nitrogens with one attached hydrogen (secondary N) is 1. The van der Waals surface area contributed by atoms with Crippen LogP contribution in [0.4, 0.5) is 11.4 Å². The van der Waals surface area contributed by atoms with Gasteiger partial charge >= 0.3 is 0 Å². The molecule has 0 atom stereocenters. The van der Waals surface area contributed by atoms with Gasteiger partial charge in [-0.1, -0.05) is 40.9 Å². The summed E-state index contributed by atoms with van der Waals surface area (Å²) in [5.74, 6) is 0.0277. The molecule has 1 saturated heterocycles. The van der Waals surface area contributed by atoms with Crippen molar-refractivity contribution in [1.29, 1.82) is 0 Å². The van der Waals surface area contributed by atoms with Crippen LogP contribution in [0.2, 0.25) is 10.0 Å². The molecule has 0 spiro atoms. The molecule has 2 aromatic rings. The van der Waals surface area contributed by atoms with E-state index in [0.717, 1.165) is 43.1 Å². The summed E-state index contributed by atoms with van der Waals surface area (Å²) in [6.07, 6.45) is 0. The number of rotatable bonds is 4. The smallest absolute Gasteiger partial charge is 0.238 e. The SMILES string of the molecule is Cc1ccc(NC(=O)CN2CCN(c3ccc(Cl)c(Cl)c3)CC2)c(C)c1. The molecule has 1 N–H and O–H groups in total. The Morgan fingerprint density at radius 2 is 1.73 bits per heavy atom. The van der Waals surface area contributed by atoms with Gasteiger partial charge in [-0.25, -0.2) is 0 Å². The highest BCUT2D eigenvalue weighted by molar-refractivity contribution is 6.42. The molecule has 0 radical (unpaired) electrons. The maximum atomic E-state index is 12.4. The zero-order valence-corrected chi connectivity index (χ0v) is 16.6. The van der Waals surface area contributed by atoms with Gasteiger partial charge < -0.3 is 10.2 Å². The molecule has 1 fully saturated rings. The average molecular weight is 392 g/mol. The van der Waals surface area contributed by atoms with Crippen molar-refractivity contribution in [3.63, 3.8) is 0 Å². The van der Waals surface area contributed by atoms with E-state index < -0.39 is 0 Å². The third kappa shape index (κ3) is 4.70. The van der Waals surface area contributed by atoms with Gasteiger partial charge in [-0.3, -0.25) is 9.69 Å². The molecule has 26 heavy (non-hydrogen) atoms. The van der Waals surface area contributed by atoms with Gasteiger partial charge in [-0.2, -0.15) is 0 Å². The number of carbonyl (C=O) groups excluding carboxylic acids is 1. The van der Waals surface area contributed by atoms with Crippen LogP contribution >= 0.6 is 23.2 Å². The van der Waals surface area contributed by atoms with Crippen molar-refractivity contribution in [2.45, 2.75) is 13.8 Å².